The van der Waals surface area contributed by atoms with Gasteiger partial charge in [-0.05, 0) is 32.1 Å². The summed E-state index contributed by atoms with van der Waals surface area (Å²) >= 11 is 0. The lowest BCUT2D eigenvalue weighted by Crippen LogP contribution is -2.43. The Morgan fingerprint density at radius 2 is 1.81 bits per heavy atom. The molecule has 0 aromatic rings. The summed E-state index contributed by atoms with van der Waals surface area (Å²) < 4.78 is 5.39. The molecule has 2 atom stereocenters. The Hall–Kier alpha value is -0.730. The van der Waals surface area contributed by atoms with E-state index in [2.05, 4.69) is 33.0 Å². The predicted molar refractivity (Wildman–Crippen MR) is 65.3 cm³/mol. The van der Waals surface area contributed by atoms with Crippen LogP contribution in [-0.2, 0) is 4.74 Å². The average Bonchev–Trinajstić information content (AvgIpc) is 2.82. The summed E-state index contributed by atoms with van der Waals surface area (Å²) in [5.41, 5.74) is 0.286. The Labute approximate surface area is 98.9 Å². The molecule has 2 unspecified atom stereocenters. The standard InChI is InChI=1S/C13H25NO2/c1-9(12(3,4)5)14-11(15)16-10(2)13(6)7-8-13/h9-10H,7-8H2,1-6H3,(H,14,15). The number of hydrogen-bond acceptors (Lipinski definition) is 2. The number of hydrogen-bond donors (Lipinski definition) is 1. The van der Waals surface area contributed by atoms with E-state index >= 15 is 0 Å². The van der Waals surface area contributed by atoms with Crippen molar-refractivity contribution in [3.05, 3.63) is 0 Å². The Balaban J connectivity index is 2.36. The second-order valence-corrected chi connectivity index (χ2v) is 6.43. The van der Waals surface area contributed by atoms with Crippen LogP contribution in [0.25, 0.3) is 0 Å². The van der Waals surface area contributed by atoms with E-state index in [0.29, 0.717) is 0 Å². The lowest BCUT2D eigenvalue weighted by molar-refractivity contribution is 0.0633. The summed E-state index contributed by atoms with van der Waals surface area (Å²) in [7, 11) is 0. The van der Waals surface area contributed by atoms with Crippen LogP contribution in [0.15, 0.2) is 0 Å². The van der Waals surface area contributed by atoms with Gasteiger partial charge in [0.15, 0.2) is 0 Å². The zero-order chi connectivity index (χ0) is 12.6. The highest BCUT2D eigenvalue weighted by Crippen LogP contribution is 2.49. The predicted octanol–water partition coefficient (Wildman–Crippen LogP) is 3.34. The van der Waals surface area contributed by atoms with Gasteiger partial charge in [-0.25, -0.2) is 4.79 Å². The van der Waals surface area contributed by atoms with E-state index in [1.165, 1.54) is 0 Å². The van der Waals surface area contributed by atoms with Crippen LogP contribution >= 0.6 is 0 Å². The third-order valence-corrected chi connectivity index (χ3v) is 3.94. The van der Waals surface area contributed by atoms with Gasteiger partial charge in [0.1, 0.15) is 6.10 Å². The minimum atomic E-state index is -0.289. The highest BCUT2D eigenvalue weighted by Gasteiger charge is 2.44. The Bertz CT molecular complexity index is 248. The molecule has 1 fully saturated rings. The van der Waals surface area contributed by atoms with Crippen molar-refractivity contribution >= 4 is 6.09 Å². The zero-order valence-electron chi connectivity index (χ0n) is 11.4. The maximum atomic E-state index is 11.7. The van der Waals surface area contributed by atoms with Crippen molar-refractivity contribution in [3.8, 4) is 0 Å². The lowest BCUT2D eigenvalue weighted by Gasteiger charge is -2.29. The Morgan fingerprint density at radius 3 is 2.19 bits per heavy atom. The van der Waals surface area contributed by atoms with E-state index in [1.54, 1.807) is 0 Å². The number of carbonyl (C=O) groups excluding carboxylic acids is 1. The highest BCUT2D eigenvalue weighted by molar-refractivity contribution is 5.68. The molecule has 1 amide bonds. The topological polar surface area (TPSA) is 38.3 Å². The molecule has 94 valence electrons. The second kappa shape index (κ2) is 4.27. The van der Waals surface area contributed by atoms with E-state index in [-0.39, 0.29) is 29.1 Å². The van der Waals surface area contributed by atoms with E-state index in [1.807, 2.05) is 13.8 Å². The van der Waals surface area contributed by atoms with Crippen LogP contribution in [0.3, 0.4) is 0 Å². The maximum absolute atomic E-state index is 11.7. The lowest BCUT2D eigenvalue weighted by atomic mass is 9.88. The van der Waals surface area contributed by atoms with Gasteiger partial charge < -0.3 is 10.1 Å². The number of alkyl carbamates (subject to hydrolysis) is 1. The summed E-state index contributed by atoms with van der Waals surface area (Å²) in [6.45, 7) is 12.5. The molecule has 1 aliphatic rings. The molecule has 0 aliphatic heterocycles. The quantitative estimate of drug-likeness (QED) is 0.803. The molecule has 0 spiro atoms. The van der Waals surface area contributed by atoms with Crippen molar-refractivity contribution in [1.29, 1.82) is 0 Å². The minimum absolute atomic E-state index is 0.0136. The number of amides is 1. The SMILES string of the molecule is CC(NC(=O)OC(C)C1(C)CC1)C(C)(C)C. The van der Waals surface area contributed by atoms with Crippen LogP contribution in [0.4, 0.5) is 4.79 Å². The molecule has 0 bridgehead atoms. The van der Waals surface area contributed by atoms with Gasteiger partial charge in [0.05, 0.1) is 0 Å². The van der Waals surface area contributed by atoms with Gasteiger partial charge in [-0.3, -0.25) is 0 Å². The third-order valence-electron chi connectivity index (χ3n) is 3.94. The smallest absolute Gasteiger partial charge is 0.407 e. The van der Waals surface area contributed by atoms with Gasteiger partial charge in [0.2, 0.25) is 0 Å². The first kappa shape index (κ1) is 13.3. The molecule has 0 radical (unpaired) electrons. The van der Waals surface area contributed by atoms with E-state index in [4.69, 9.17) is 4.74 Å². The maximum Gasteiger partial charge on any atom is 0.407 e. The number of nitrogens with one attached hydrogen (secondary N) is 1. The van der Waals surface area contributed by atoms with Gasteiger partial charge in [-0.2, -0.15) is 0 Å². The summed E-state index contributed by atoms with van der Waals surface area (Å²) in [6.07, 6.45) is 2.05. The summed E-state index contributed by atoms with van der Waals surface area (Å²) in [4.78, 5) is 11.7. The van der Waals surface area contributed by atoms with Crippen molar-refractivity contribution in [2.24, 2.45) is 10.8 Å². The molecule has 0 saturated heterocycles. The second-order valence-electron chi connectivity index (χ2n) is 6.43. The van der Waals surface area contributed by atoms with Crippen LogP contribution in [0, 0.1) is 10.8 Å². The summed E-state index contributed by atoms with van der Waals surface area (Å²) in [5, 5.41) is 2.89. The van der Waals surface area contributed by atoms with Gasteiger partial charge in [-0.15, -0.1) is 0 Å². The molecule has 16 heavy (non-hydrogen) atoms. The van der Waals surface area contributed by atoms with Gasteiger partial charge in [0.25, 0.3) is 0 Å². The van der Waals surface area contributed by atoms with Crippen LogP contribution in [-0.4, -0.2) is 18.2 Å². The first-order chi connectivity index (χ1) is 7.15. The summed E-state index contributed by atoms with van der Waals surface area (Å²) in [5.74, 6) is 0. The molecule has 1 rings (SSSR count). The normalized spacial score (nSPS) is 22.1. The van der Waals surface area contributed by atoms with Crippen LogP contribution in [0.1, 0.15) is 54.4 Å². The molecule has 3 heteroatoms. The van der Waals surface area contributed by atoms with Gasteiger partial charge in [0, 0.05) is 11.5 Å². The monoisotopic (exact) mass is 227 g/mol. The Morgan fingerprint density at radius 1 is 1.31 bits per heavy atom. The number of rotatable bonds is 3. The Kier molecular flexibility index (Phi) is 3.56. The third kappa shape index (κ3) is 3.39. The fourth-order valence-electron chi connectivity index (χ4n) is 1.33. The fraction of sp³-hybridized carbons (Fsp3) is 0.923. The van der Waals surface area contributed by atoms with Crippen molar-refractivity contribution in [3.63, 3.8) is 0 Å². The first-order valence-electron chi connectivity index (χ1n) is 6.12. The molecule has 1 aliphatic carbocycles. The van der Waals surface area contributed by atoms with E-state index < -0.39 is 0 Å². The molecular formula is C13H25NO2. The zero-order valence-corrected chi connectivity index (χ0v) is 11.4. The number of carbonyl (C=O) groups is 1. The van der Waals surface area contributed by atoms with Crippen molar-refractivity contribution < 1.29 is 9.53 Å². The van der Waals surface area contributed by atoms with Crippen LogP contribution in [0.2, 0.25) is 0 Å². The fourth-order valence-corrected chi connectivity index (χ4v) is 1.33. The van der Waals surface area contributed by atoms with Gasteiger partial charge >= 0.3 is 6.09 Å². The first-order valence-corrected chi connectivity index (χ1v) is 6.12. The van der Waals surface area contributed by atoms with E-state index in [0.717, 1.165) is 12.8 Å². The molecule has 0 aromatic heterocycles. The minimum Gasteiger partial charge on any atom is -0.446 e. The molecule has 0 heterocycles. The molecule has 1 saturated carbocycles. The molecule has 0 aromatic carbocycles. The number of ether oxygens (including phenoxy) is 1. The van der Waals surface area contributed by atoms with Crippen molar-refractivity contribution in [2.45, 2.75) is 66.5 Å². The highest BCUT2D eigenvalue weighted by atomic mass is 16.6. The van der Waals surface area contributed by atoms with Crippen molar-refractivity contribution in [1.82, 2.24) is 5.32 Å². The summed E-state index contributed by atoms with van der Waals surface area (Å²) in [6, 6.07) is 0.110. The van der Waals surface area contributed by atoms with Crippen molar-refractivity contribution in [2.75, 3.05) is 0 Å². The molecule has 1 N–H and O–H groups in total. The molecule has 3 nitrogen and oxygen atoms in total. The van der Waals surface area contributed by atoms with Gasteiger partial charge in [-0.1, -0.05) is 27.7 Å². The van der Waals surface area contributed by atoms with Crippen LogP contribution < -0.4 is 5.32 Å². The van der Waals surface area contributed by atoms with E-state index in [9.17, 15) is 4.79 Å². The largest absolute Gasteiger partial charge is 0.446 e. The van der Waals surface area contributed by atoms with Crippen LogP contribution in [0.5, 0.6) is 0 Å². The molecular weight excluding hydrogens is 202 g/mol. The average molecular weight is 227 g/mol.